The second kappa shape index (κ2) is 9.69. The third kappa shape index (κ3) is 5.14. The van der Waals surface area contributed by atoms with Gasteiger partial charge in [-0.15, -0.1) is 0 Å². The molecule has 0 saturated heterocycles. The Morgan fingerprint density at radius 1 is 1.13 bits per heavy atom. The molecule has 7 nitrogen and oxygen atoms in total. The molecule has 0 radical (unpaired) electrons. The molecule has 0 bridgehead atoms. The van der Waals surface area contributed by atoms with Crippen molar-refractivity contribution in [2.75, 3.05) is 19.0 Å². The van der Waals surface area contributed by atoms with Crippen LogP contribution in [-0.4, -0.2) is 36.4 Å². The van der Waals surface area contributed by atoms with E-state index in [0.717, 1.165) is 4.70 Å². The van der Waals surface area contributed by atoms with Gasteiger partial charge in [-0.25, -0.2) is 9.78 Å². The molecule has 1 amide bonds. The number of benzene rings is 2. The number of aromatic nitrogens is 1. The number of Topliss-reactive ketones (excluding diaryl/α,β-unsaturated/α-hetero) is 1. The summed E-state index contributed by atoms with van der Waals surface area (Å²) in [5, 5.41) is 3.50. The molecule has 0 fully saturated rings. The highest BCUT2D eigenvalue weighted by molar-refractivity contribution is 7.22. The molecule has 1 heterocycles. The number of anilines is 1. The molecule has 0 aliphatic heterocycles. The fourth-order valence-corrected chi connectivity index (χ4v) is 3.85. The van der Waals surface area contributed by atoms with Gasteiger partial charge in [0, 0.05) is 17.9 Å². The fraction of sp³-hybridized carbons (Fsp3) is 0.238. The van der Waals surface area contributed by atoms with Crippen LogP contribution in [0, 0.1) is 0 Å². The van der Waals surface area contributed by atoms with Crippen molar-refractivity contribution in [3.05, 3.63) is 52.5 Å². The topological polar surface area (TPSA) is 94.6 Å². The van der Waals surface area contributed by atoms with Crippen molar-refractivity contribution in [2.45, 2.75) is 19.8 Å². The number of ketones is 1. The summed E-state index contributed by atoms with van der Waals surface area (Å²) in [6.07, 6.45) is -0.0149. The second-order valence-corrected chi connectivity index (χ2v) is 7.71. The third-order valence-electron chi connectivity index (χ3n) is 4.19. The minimum atomic E-state index is -0.409. The van der Waals surface area contributed by atoms with Crippen LogP contribution in [0.3, 0.4) is 0 Å². The van der Waals surface area contributed by atoms with Gasteiger partial charge in [0.15, 0.2) is 10.9 Å². The Balaban J connectivity index is 1.63. The van der Waals surface area contributed by atoms with Gasteiger partial charge < -0.3 is 14.8 Å². The first kappa shape index (κ1) is 21.7. The lowest BCUT2D eigenvalue weighted by molar-refractivity contribution is -0.116. The number of rotatable bonds is 8. The SMILES string of the molecule is CCOC(=O)c1ccc2nc(NC(=O)CCC(=O)c3cc(Cl)ccc3OC)sc2c1. The van der Waals surface area contributed by atoms with E-state index in [0.29, 0.717) is 39.2 Å². The van der Waals surface area contributed by atoms with Gasteiger partial charge in [0.1, 0.15) is 5.75 Å². The number of hydrogen-bond acceptors (Lipinski definition) is 7. The van der Waals surface area contributed by atoms with E-state index in [2.05, 4.69) is 10.3 Å². The summed E-state index contributed by atoms with van der Waals surface area (Å²) in [7, 11) is 1.47. The zero-order chi connectivity index (χ0) is 21.7. The van der Waals surface area contributed by atoms with Crippen molar-refractivity contribution >= 4 is 55.9 Å². The van der Waals surface area contributed by atoms with Gasteiger partial charge in [-0.05, 0) is 43.3 Å². The highest BCUT2D eigenvalue weighted by Crippen LogP contribution is 2.28. The van der Waals surface area contributed by atoms with Gasteiger partial charge in [0.25, 0.3) is 0 Å². The van der Waals surface area contributed by atoms with Crippen molar-refractivity contribution in [2.24, 2.45) is 0 Å². The zero-order valence-corrected chi connectivity index (χ0v) is 17.9. The monoisotopic (exact) mass is 446 g/mol. The van der Waals surface area contributed by atoms with Crippen molar-refractivity contribution in [1.29, 1.82) is 0 Å². The van der Waals surface area contributed by atoms with Gasteiger partial charge in [0.05, 0.1) is 35.1 Å². The van der Waals surface area contributed by atoms with Crippen LogP contribution < -0.4 is 10.1 Å². The van der Waals surface area contributed by atoms with Crippen LogP contribution in [0.15, 0.2) is 36.4 Å². The Kier molecular flexibility index (Phi) is 7.02. The maximum absolute atomic E-state index is 12.5. The molecule has 0 spiro atoms. The Morgan fingerprint density at radius 3 is 2.67 bits per heavy atom. The average molecular weight is 447 g/mol. The van der Waals surface area contributed by atoms with Crippen LogP contribution in [-0.2, 0) is 9.53 Å². The van der Waals surface area contributed by atoms with Crippen molar-refractivity contribution in [3.8, 4) is 5.75 Å². The first-order valence-corrected chi connectivity index (χ1v) is 10.3. The lowest BCUT2D eigenvalue weighted by Gasteiger charge is -2.08. The molecule has 1 aromatic heterocycles. The standard InChI is InChI=1S/C21H19ClN2O5S/c1-3-29-20(27)12-4-6-15-18(10-12)30-21(23-15)24-19(26)9-7-16(25)14-11-13(22)5-8-17(14)28-2/h4-6,8,10-11H,3,7,9H2,1-2H3,(H,23,24,26). The summed E-state index contributed by atoms with van der Waals surface area (Å²) in [6, 6.07) is 9.77. The van der Waals surface area contributed by atoms with Crippen LogP contribution in [0.2, 0.25) is 5.02 Å². The highest BCUT2D eigenvalue weighted by Gasteiger charge is 2.16. The number of fused-ring (bicyclic) bond motifs is 1. The predicted molar refractivity (Wildman–Crippen MR) is 116 cm³/mol. The van der Waals surface area contributed by atoms with E-state index in [9.17, 15) is 14.4 Å². The van der Waals surface area contributed by atoms with Gasteiger partial charge in [-0.2, -0.15) is 0 Å². The van der Waals surface area contributed by atoms with Crippen LogP contribution in [0.1, 0.15) is 40.5 Å². The van der Waals surface area contributed by atoms with E-state index in [1.165, 1.54) is 24.5 Å². The molecule has 0 unspecified atom stereocenters. The molecule has 0 aliphatic carbocycles. The lowest BCUT2D eigenvalue weighted by atomic mass is 10.1. The van der Waals surface area contributed by atoms with Crippen molar-refractivity contribution in [3.63, 3.8) is 0 Å². The van der Waals surface area contributed by atoms with E-state index in [-0.39, 0.29) is 24.5 Å². The number of amides is 1. The Hall–Kier alpha value is -2.97. The molecule has 1 N–H and O–H groups in total. The number of hydrogen-bond donors (Lipinski definition) is 1. The van der Waals surface area contributed by atoms with Crippen molar-refractivity contribution < 1.29 is 23.9 Å². The number of thiazole rings is 1. The molecule has 0 atom stereocenters. The number of carbonyl (C=O) groups excluding carboxylic acids is 3. The summed E-state index contributed by atoms with van der Waals surface area (Å²) in [5.74, 6) is -0.580. The van der Waals surface area contributed by atoms with E-state index in [4.69, 9.17) is 21.1 Å². The fourth-order valence-electron chi connectivity index (χ4n) is 2.76. The number of halogens is 1. The Labute approximate surface area is 182 Å². The van der Waals surface area contributed by atoms with Gasteiger partial charge in [0.2, 0.25) is 5.91 Å². The Bertz CT molecular complexity index is 1110. The third-order valence-corrected chi connectivity index (χ3v) is 5.36. The molecule has 0 saturated carbocycles. The number of esters is 1. The largest absolute Gasteiger partial charge is 0.496 e. The average Bonchev–Trinajstić information content (AvgIpc) is 3.13. The molecule has 3 rings (SSSR count). The number of nitrogens with one attached hydrogen (secondary N) is 1. The van der Waals surface area contributed by atoms with E-state index in [1.807, 2.05) is 0 Å². The normalized spacial score (nSPS) is 10.6. The summed E-state index contributed by atoms with van der Waals surface area (Å²) in [6.45, 7) is 2.03. The molecular formula is C21H19ClN2O5S. The van der Waals surface area contributed by atoms with Gasteiger partial charge in [-0.3, -0.25) is 9.59 Å². The number of ether oxygens (including phenoxy) is 2. The molecule has 30 heavy (non-hydrogen) atoms. The van der Waals surface area contributed by atoms with Gasteiger partial charge in [-0.1, -0.05) is 22.9 Å². The lowest BCUT2D eigenvalue weighted by Crippen LogP contribution is -2.13. The zero-order valence-electron chi connectivity index (χ0n) is 16.4. The van der Waals surface area contributed by atoms with Crippen LogP contribution in [0.4, 0.5) is 5.13 Å². The quantitative estimate of drug-likeness (QED) is 0.397. The molecule has 0 aliphatic rings. The minimum Gasteiger partial charge on any atom is -0.496 e. The van der Waals surface area contributed by atoms with Crippen LogP contribution in [0.5, 0.6) is 5.75 Å². The number of methoxy groups -OCH3 is 1. The van der Waals surface area contributed by atoms with E-state index in [1.54, 1.807) is 37.3 Å². The number of carbonyl (C=O) groups is 3. The van der Waals surface area contributed by atoms with Gasteiger partial charge >= 0.3 is 5.97 Å². The minimum absolute atomic E-state index is 0.000434. The molecular weight excluding hydrogens is 428 g/mol. The summed E-state index contributed by atoms with van der Waals surface area (Å²) >= 11 is 7.19. The maximum Gasteiger partial charge on any atom is 0.338 e. The highest BCUT2D eigenvalue weighted by atomic mass is 35.5. The second-order valence-electron chi connectivity index (χ2n) is 6.24. The smallest absolute Gasteiger partial charge is 0.338 e. The molecule has 9 heteroatoms. The molecule has 156 valence electrons. The molecule has 3 aromatic rings. The first-order chi connectivity index (χ1) is 14.4. The van der Waals surface area contributed by atoms with Crippen LogP contribution >= 0.6 is 22.9 Å². The summed E-state index contributed by atoms with van der Waals surface area (Å²) < 4.78 is 10.9. The Morgan fingerprint density at radius 2 is 1.93 bits per heavy atom. The summed E-state index contributed by atoms with van der Waals surface area (Å²) in [5.41, 5.74) is 1.42. The van der Waals surface area contributed by atoms with E-state index >= 15 is 0 Å². The predicted octanol–water partition coefficient (Wildman–Crippen LogP) is 4.74. The van der Waals surface area contributed by atoms with E-state index < -0.39 is 5.97 Å². The maximum atomic E-state index is 12.5. The number of nitrogens with zero attached hydrogens (tertiary/aromatic N) is 1. The van der Waals surface area contributed by atoms with Crippen molar-refractivity contribution in [1.82, 2.24) is 4.98 Å². The van der Waals surface area contributed by atoms with Crippen LogP contribution in [0.25, 0.3) is 10.2 Å². The molecule has 2 aromatic carbocycles. The first-order valence-electron chi connectivity index (χ1n) is 9.15. The summed E-state index contributed by atoms with van der Waals surface area (Å²) in [4.78, 5) is 40.9.